The molecule has 0 aliphatic heterocycles. The van der Waals surface area contributed by atoms with Gasteiger partial charge in [-0.05, 0) is 12.8 Å². The first-order valence-electron chi connectivity index (χ1n) is 24.0. The van der Waals surface area contributed by atoms with Crippen molar-refractivity contribution in [3.63, 3.8) is 0 Å². The van der Waals surface area contributed by atoms with Crippen LogP contribution in [0.25, 0.3) is 0 Å². The number of hydrogen-bond donors (Lipinski definition) is 4. The van der Waals surface area contributed by atoms with Crippen LogP contribution in [0.1, 0.15) is 271 Å². The van der Waals surface area contributed by atoms with Crippen LogP contribution in [0.4, 0.5) is 0 Å². The van der Waals surface area contributed by atoms with Crippen molar-refractivity contribution in [2.24, 2.45) is 0 Å². The van der Waals surface area contributed by atoms with E-state index < -0.39 is 26.6 Å². The van der Waals surface area contributed by atoms with Gasteiger partial charge < -0.3 is 20.2 Å². The molecule has 0 aromatic rings. The predicted octanol–water partition coefficient (Wildman–Crippen LogP) is 14.6. The van der Waals surface area contributed by atoms with Gasteiger partial charge >= 0.3 is 7.82 Å². The van der Waals surface area contributed by atoms with E-state index in [2.05, 4.69) is 23.7 Å². The summed E-state index contributed by atoms with van der Waals surface area (Å²) in [4.78, 5) is 31.0. The molecule has 0 bridgehead atoms. The van der Waals surface area contributed by atoms with Gasteiger partial charge in [-0.25, -0.2) is 4.57 Å². The smallest absolute Gasteiger partial charge is 0.391 e. The van der Waals surface area contributed by atoms with Crippen LogP contribution in [0.5, 0.6) is 0 Å². The Morgan fingerprint density at radius 1 is 0.463 bits per heavy atom. The average molecular weight is 788 g/mol. The van der Waals surface area contributed by atoms with Crippen molar-refractivity contribution >= 4 is 13.7 Å². The van der Waals surface area contributed by atoms with Crippen molar-refractivity contribution in [2.45, 2.75) is 283 Å². The molecule has 0 radical (unpaired) electrons. The lowest BCUT2D eigenvalue weighted by atomic mass is 10.0. The van der Waals surface area contributed by atoms with Gasteiger partial charge in [-0.1, -0.05) is 251 Å². The molecule has 0 saturated carbocycles. The zero-order valence-corrected chi connectivity index (χ0v) is 37.1. The van der Waals surface area contributed by atoms with Crippen LogP contribution >= 0.6 is 7.82 Å². The number of aliphatic hydroxyl groups excluding tert-OH is 1. The van der Waals surface area contributed by atoms with Gasteiger partial charge in [0.05, 0.1) is 18.8 Å². The molecule has 1 amide bonds. The summed E-state index contributed by atoms with van der Waals surface area (Å²) in [5.41, 5.74) is 0. The van der Waals surface area contributed by atoms with Crippen LogP contribution in [0.15, 0.2) is 0 Å². The van der Waals surface area contributed by atoms with Gasteiger partial charge in [0, 0.05) is 6.42 Å². The Bertz CT molecular complexity index is 808. The largest absolute Gasteiger partial charge is 0.469 e. The van der Waals surface area contributed by atoms with E-state index in [9.17, 15) is 24.3 Å². The number of carbonyl (C=O) groups excluding carboxylic acids is 1. The first-order chi connectivity index (χ1) is 26.3. The molecule has 0 aromatic heterocycles. The Morgan fingerprint density at radius 3 is 1.00 bits per heavy atom. The second-order valence-corrected chi connectivity index (χ2v) is 18.0. The van der Waals surface area contributed by atoms with Gasteiger partial charge in [0.15, 0.2) is 0 Å². The molecule has 324 valence electrons. The summed E-state index contributed by atoms with van der Waals surface area (Å²) in [5, 5.41) is 13.6. The normalized spacial score (nSPS) is 13.1. The molecule has 0 aliphatic rings. The van der Waals surface area contributed by atoms with E-state index in [0.717, 1.165) is 38.5 Å². The average Bonchev–Trinajstić information content (AvgIpc) is 3.14. The number of amides is 1. The Kier molecular flexibility index (Phi) is 41.8. The summed E-state index contributed by atoms with van der Waals surface area (Å²) in [5.74, 6) is -0.187. The maximum atomic E-state index is 12.6. The summed E-state index contributed by atoms with van der Waals surface area (Å²) in [6, 6.07) is -0.818. The minimum Gasteiger partial charge on any atom is -0.391 e. The quantitative estimate of drug-likeness (QED) is 0.0361. The van der Waals surface area contributed by atoms with Gasteiger partial charge in [0.25, 0.3) is 0 Å². The number of phosphoric acid groups is 1. The SMILES string of the molecule is CCCCCCCCCCCCCCCCCCCCCCCCCC(=O)N[C@@H](COP(=O)(O)O)[C@H](O)CCCCCCCCCCCCCCCCC. The molecule has 2 atom stereocenters. The molecule has 0 unspecified atom stereocenters. The Balaban J connectivity index is 3.77. The van der Waals surface area contributed by atoms with Crippen LogP contribution in [0, 0.1) is 0 Å². The maximum absolute atomic E-state index is 12.6. The zero-order valence-electron chi connectivity index (χ0n) is 36.2. The van der Waals surface area contributed by atoms with E-state index in [-0.39, 0.29) is 5.91 Å². The summed E-state index contributed by atoms with van der Waals surface area (Å²) in [7, 11) is -4.69. The summed E-state index contributed by atoms with van der Waals surface area (Å²) >= 11 is 0. The van der Waals surface area contributed by atoms with Crippen molar-refractivity contribution in [2.75, 3.05) is 6.61 Å². The molecule has 0 spiro atoms. The third kappa shape index (κ3) is 42.7. The van der Waals surface area contributed by atoms with Crippen LogP contribution in [0.2, 0.25) is 0 Å². The van der Waals surface area contributed by atoms with Crippen molar-refractivity contribution in [1.29, 1.82) is 0 Å². The first kappa shape index (κ1) is 53.5. The molecular formula is C46H94NO6P. The fraction of sp³-hybridized carbons (Fsp3) is 0.978. The second-order valence-electron chi connectivity index (χ2n) is 16.8. The third-order valence-electron chi connectivity index (χ3n) is 11.3. The molecular weight excluding hydrogens is 693 g/mol. The summed E-state index contributed by atoms with van der Waals surface area (Å²) in [6.45, 7) is 4.16. The minimum absolute atomic E-state index is 0.187. The number of carbonyl (C=O) groups is 1. The minimum atomic E-state index is -4.69. The number of hydrogen-bond acceptors (Lipinski definition) is 4. The molecule has 0 aliphatic carbocycles. The molecule has 54 heavy (non-hydrogen) atoms. The Labute approximate surface area is 336 Å². The maximum Gasteiger partial charge on any atom is 0.469 e. The van der Waals surface area contributed by atoms with E-state index in [1.165, 1.54) is 205 Å². The standard InChI is InChI=1S/C46H94NO6P/c1-3-5-7-9-11-13-15-17-19-20-21-22-23-24-25-26-28-30-32-34-36-38-40-42-46(49)47-44(43-53-54(50,51)52)45(48)41-39-37-35-33-31-29-27-18-16-14-12-10-8-6-4-2/h44-45,48H,3-43H2,1-2H3,(H,47,49)(H2,50,51,52)/t44-,45+/m0/s1. The van der Waals surface area contributed by atoms with Crippen molar-refractivity contribution in [3.8, 4) is 0 Å². The molecule has 7 nitrogen and oxygen atoms in total. The van der Waals surface area contributed by atoms with Crippen LogP contribution in [0.3, 0.4) is 0 Å². The number of nitrogens with one attached hydrogen (secondary N) is 1. The monoisotopic (exact) mass is 788 g/mol. The molecule has 0 heterocycles. The fourth-order valence-electron chi connectivity index (χ4n) is 7.70. The lowest BCUT2D eigenvalue weighted by Gasteiger charge is -2.24. The molecule has 0 aromatic carbocycles. The van der Waals surface area contributed by atoms with Crippen molar-refractivity contribution in [3.05, 3.63) is 0 Å². The topological polar surface area (TPSA) is 116 Å². The van der Waals surface area contributed by atoms with E-state index in [4.69, 9.17) is 0 Å². The molecule has 0 rings (SSSR count). The third-order valence-corrected chi connectivity index (χ3v) is 11.8. The first-order valence-corrected chi connectivity index (χ1v) is 25.5. The van der Waals surface area contributed by atoms with Crippen LogP contribution in [-0.4, -0.2) is 39.6 Å². The van der Waals surface area contributed by atoms with Gasteiger partial charge in [-0.2, -0.15) is 0 Å². The van der Waals surface area contributed by atoms with Crippen molar-refractivity contribution < 1.29 is 28.8 Å². The van der Waals surface area contributed by atoms with Gasteiger partial charge in [-0.3, -0.25) is 9.32 Å². The highest BCUT2D eigenvalue weighted by atomic mass is 31.2. The lowest BCUT2D eigenvalue weighted by Crippen LogP contribution is -2.46. The van der Waals surface area contributed by atoms with E-state index >= 15 is 0 Å². The number of rotatable bonds is 45. The van der Waals surface area contributed by atoms with Crippen molar-refractivity contribution in [1.82, 2.24) is 5.32 Å². The molecule has 0 saturated heterocycles. The predicted molar refractivity (Wildman–Crippen MR) is 232 cm³/mol. The van der Waals surface area contributed by atoms with Crippen LogP contribution < -0.4 is 5.32 Å². The molecule has 0 fully saturated rings. The van der Waals surface area contributed by atoms with Gasteiger partial charge in [0.2, 0.25) is 5.91 Å². The van der Waals surface area contributed by atoms with Gasteiger partial charge in [-0.15, -0.1) is 0 Å². The van der Waals surface area contributed by atoms with E-state index in [0.29, 0.717) is 12.8 Å². The Morgan fingerprint density at radius 2 is 0.722 bits per heavy atom. The van der Waals surface area contributed by atoms with Crippen LogP contribution in [-0.2, 0) is 13.9 Å². The van der Waals surface area contributed by atoms with Gasteiger partial charge in [0.1, 0.15) is 0 Å². The summed E-state index contributed by atoms with van der Waals surface area (Å²) < 4.78 is 16.0. The number of aliphatic hydroxyl groups is 1. The van der Waals surface area contributed by atoms with E-state index in [1.807, 2.05) is 0 Å². The Hall–Kier alpha value is -0.460. The number of phosphoric ester groups is 1. The molecule has 4 N–H and O–H groups in total. The second kappa shape index (κ2) is 42.2. The van der Waals surface area contributed by atoms with E-state index in [1.54, 1.807) is 0 Å². The number of unbranched alkanes of at least 4 members (excludes halogenated alkanes) is 36. The zero-order chi connectivity index (χ0) is 39.6. The highest BCUT2D eigenvalue weighted by Gasteiger charge is 2.25. The molecule has 8 heteroatoms. The summed E-state index contributed by atoms with van der Waals surface area (Å²) in [6.07, 6.45) is 49.6. The lowest BCUT2D eigenvalue weighted by molar-refractivity contribution is -0.123. The highest BCUT2D eigenvalue weighted by Crippen LogP contribution is 2.36. The highest BCUT2D eigenvalue weighted by molar-refractivity contribution is 7.46. The fourth-order valence-corrected chi connectivity index (χ4v) is 8.06.